The van der Waals surface area contributed by atoms with Gasteiger partial charge in [0.25, 0.3) is 0 Å². The van der Waals surface area contributed by atoms with Crippen LogP contribution in [0.5, 0.6) is 0 Å². The van der Waals surface area contributed by atoms with Crippen molar-refractivity contribution in [3.63, 3.8) is 0 Å². The zero-order valence-electron chi connectivity index (χ0n) is 11.2. The standard InChI is InChI=1S/C16H17NO2S/c18-16(19)13-8-4-7-12(9-13)14-10-20-15(17-14)11-5-2-1-3-6-11/h4,7-11H,1-3,5-6H2,(H,18,19). The van der Waals surface area contributed by atoms with Crippen LogP contribution in [0.15, 0.2) is 29.6 Å². The number of carboxylic acids is 1. The maximum absolute atomic E-state index is 11.0. The Morgan fingerprint density at radius 1 is 1.25 bits per heavy atom. The molecule has 1 fully saturated rings. The molecule has 1 aromatic carbocycles. The Labute approximate surface area is 122 Å². The Morgan fingerprint density at radius 2 is 2.05 bits per heavy atom. The molecule has 0 radical (unpaired) electrons. The van der Waals surface area contributed by atoms with E-state index in [4.69, 9.17) is 10.1 Å². The van der Waals surface area contributed by atoms with Gasteiger partial charge < -0.3 is 5.11 Å². The minimum Gasteiger partial charge on any atom is -0.478 e. The second kappa shape index (κ2) is 5.75. The van der Waals surface area contributed by atoms with Crippen LogP contribution in [0.4, 0.5) is 0 Å². The first-order valence-electron chi connectivity index (χ1n) is 7.03. The van der Waals surface area contributed by atoms with Gasteiger partial charge in [0.15, 0.2) is 0 Å². The van der Waals surface area contributed by atoms with Gasteiger partial charge in [-0.3, -0.25) is 0 Å². The lowest BCUT2D eigenvalue weighted by Gasteiger charge is -2.18. The molecule has 4 heteroatoms. The fourth-order valence-electron chi connectivity index (χ4n) is 2.77. The highest BCUT2D eigenvalue weighted by atomic mass is 32.1. The number of carboxylic acid groups (broad SMARTS) is 1. The minimum absolute atomic E-state index is 0.315. The second-order valence-electron chi connectivity index (χ2n) is 5.29. The van der Waals surface area contributed by atoms with E-state index < -0.39 is 5.97 Å². The van der Waals surface area contributed by atoms with Crippen LogP contribution in [0.3, 0.4) is 0 Å². The van der Waals surface area contributed by atoms with E-state index in [0.717, 1.165) is 11.3 Å². The number of hydrogen-bond donors (Lipinski definition) is 1. The van der Waals surface area contributed by atoms with Gasteiger partial charge in [-0.15, -0.1) is 11.3 Å². The molecule has 0 aliphatic heterocycles. The molecule has 3 nitrogen and oxygen atoms in total. The van der Waals surface area contributed by atoms with Gasteiger partial charge >= 0.3 is 5.97 Å². The second-order valence-corrected chi connectivity index (χ2v) is 6.18. The number of rotatable bonds is 3. The topological polar surface area (TPSA) is 50.2 Å². The highest BCUT2D eigenvalue weighted by Crippen LogP contribution is 2.35. The van der Waals surface area contributed by atoms with E-state index in [9.17, 15) is 4.79 Å². The van der Waals surface area contributed by atoms with Gasteiger partial charge in [0, 0.05) is 16.9 Å². The molecule has 1 heterocycles. The molecule has 104 valence electrons. The number of carbonyl (C=O) groups is 1. The lowest BCUT2D eigenvalue weighted by Crippen LogP contribution is -2.03. The Balaban J connectivity index is 1.85. The van der Waals surface area contributed by atoms with E-state index in [2.05, 4.69) is 0 Å². The van der Waals surface area contributed by atoms with Crippen molar-refractivity contribution in [3.8, 4) is 11.3 Å². The first-order chi connectivity index (χ1) is 9.74. The van der Waals surface area contributed by atoms with Crippen molar-refractivity contribution in [2.45, 2.75) is 38.0 Å². The highest BCUT2D eigenvalue weighted by Gasteiger charge is 2.19. The Hall–Kier alpha value is -1.68. The number of thiazole rings is 1. The monoisotopic (exact) mass is 287 g/mol. The number of aromatic nitrogens is 1. The molecule has 0 amide bonds. The quantitative estimate of drug-likeness (QED) is 0.900. The van der Waals surface area contributed by atoms with Crippen molar-refractivity contribution in [2.75, 3.05) is 0 Å². The molecule has 2 aromatic rings. The average molecular weight is 287 g/mol. The van der Waals surface area contributed by atoms with E-state index in [1.54, 1.807) is 29.5 Å². The molecule has 0 spiro atoms. The zero-order valence-corrected chi connectivity index (χ0v) is 12.0. The van der Waals surface area contributed by atoms with Crippen LogP contribution in [0, 0.1) is 0 Å². The van der Waals surface area contributed by atoms with Gasteiger partial charge in [0.1, 0.15) is 0 Å². The van der Waals surface area contributed by atoms with Crippen LogP contribution in [0.1, 0.15) is 53.4 Å². The summed E-state index contributed by atoms with van der Waals surface area (Å²) in [7, 11) is 0. The smallest absolute Gasteiger partial charge is 0.335 e. The predicted octanol–water partition coefficient (Wildman–Crippen LogP) is 4.56. The molecular weight excluding hydrogens is 270 g/mol. The van der Waals surface area contributed by atoms with Crippen LogP contribution in [0.2, 0.25) is 0 Å². The first kappa shape index (κ1) is 13.3. The van der Waals surface area contributed by atoms with Crippen molar-refractivity contribution in [1.29, 1.82) is 0 Å². The summed E-state index contributed by atoms with van der Waals surface area (Å²) < 4.78 is 0. The maximum atomic E-state index is 11.0. The molecule has 1 aliphatic rings. The van der Waals surface area contributed by atoms with Crippen molar-refractivity contribution in [1.82, 2.24) is 4.98 Å². The van der Waals surface area contributed by atoms with Crippen molar-refractivity contribution in [2.24, 2.45) is 0 Å². The van der Waals surface area contributed by atoms with Gasteiger partial charge in [0.05, 0.1) is 16.3 Å². The SMILES string of the molecule is O=C(O)c1cccc(-c2csc(C3CCCCC3)n2)c1. The molecule has 20 heavy (non-hydrogen) atoms. The minimum atomic E-state index is -0.894. The van der Waals surface area contributed by atoms with Crippen molar-refractivity contribution < 1.29 is 9.90 Å². The summed E-state index contributed by atoms with van der Waals surface area (Å²) in [6.07, 6.45) is 6.42. The molecule has 1 aliphatic carbocycles. The number of nitrogens with zero attached hydrogens (tertiary/aromatic N) is 1. The normalized spacial score (nSPS) is 16.2. The van der Waals surface area contributed by atoms with Gasteiger partial charge in [-0.1, -0.05) is 31.4 Å². The molecule has 0 atom stereocenters. The van der Waals surface area contributed by atoms with E-state index in [1.807, 2.05) is 11.4 Å². The summed E-state index contributed by atoms with van der Waals surface area (Å²) in [5.41, 5.74) is 2.11. The first-order valence-corrected chi connectivity index (χ1v) is 7.91. The maximum Gasteiger partial charge on any atom is 0.335 e. The summed E-state index contributed by atoms with van der Waals surface area (Å²) in [6.45, 7) is 0. The molecule has 3 rings (SSSR count). The van der Waals surface area contributed by atoms with Crippen molar-refractivity contribution in [3.05, 3.63) is 40.2 Å². The van der Waals surface area contributed by atoms with Crippen LogP contribution in [0.25, 0.3) is 11.3 Å². The fourth-order valence-corrected chi connectivity index (χ4v) is 3.77. The molecule has 0 saturated heterocycles. The molecule has 0 unspecified atom stereocenters. The van der Waals surface area contributed by atoms with Crippen LogP contribution >= 0.6 is 11.3 Å². The molecule has 1 saturated carbocycles. The summed E-state index contributed by atoms with van der Waals surface area (Å²) in [6, 6.07) is 7.01. The van der Waals surface area contributed by atoms with E-state index >= 15 is 0 Å². The number of benzene rings is 1. The Kier molecular flexibility index (Phi) is 3.83. The Bertz CT molecular complexity index is 614. The van der Waals surface area contributed by atoms with Crippen LogP contribution in [-0.2, 0) is 0 Å². The highest BCUT2D eigenvalue weighted by molar-refractivity contribution is 7.10. The van der Waals surface area contributed by atoms with Crippen molar-refractivity contribution >= 4 is 17.3 Å². The van der Waals surface area contributed by atoms with E-state index in [-0.39, 0.29) is 0 Å². The Morgan fingerprint density at radius 3 is 2.80 bits per heavy atom. The van der Waals surface area contributed by atoms with Crippen LogP contribution in [-0.4, -0.2) is 16.1 Å². The fraction of sp³-hybridized carbons (Fsp3) is 0.375. The van der Waals surface area contributed by atoms with Gasteiger partial charge in [-0.2, -0.15) is 0 Å². The zero-order chi connectivity index (χ0) is 13.9. The number of hydrogen-bond acceptors (Lipinski definition) is 3. The molecular formula is C16H17NO2S. The predicted molar refractivity (Wildman–Crippen MR) is 80.3 cm³/mol. The van der Waals surface area contributed by atoms with Gasteiger partial charge in [0.2, 0.25) is 0 Å². The van der Waals surface area contributed by atoms with E-state index in [0.29, 0.717) is 11.5 Å². The lowest BCUT2D eigenvalue weighted by atomic mass is 9.90. The third-order valence-corrected chi connectivity index (χ3v) is 4.89. The summed E-state index contributed by atoms with van der Waals surface area (Å²) in [5, 5.41) is 12.3. The number of aromatic carboxylic acids is 1. The molecule has 1 N–H and O–H groups in total. The summed E-state index contributed by atoms with van der Waals surface area (Å²) >= 11 is 1.71. The lowest BCUT2D eigenvalue weighted by molar-refractivity contribution is 0.0697. The largest absolute Gasteiger partial charge is 0.478 e. The van der Waals surface area contributed by atoms with Gasteiger partial charge in [-0.05, 0) is 25.0 Å². The third-order valence-electron chi connectivity index (χ3n) is 3.88. The third kappa shape index (κ3) is 2.75. The molecule has 1 aromatic heterocycles. The van der Waals surface area contributed by atoms with E-state index in [1.165, 1.54) is 37.1 Å². The van der Waals surface area contributed by atoms with Crippen LogP contribution < -0.4 is 0 Å². The summed E-state index contributed by atoms with van der Waals surface area (Å²) in [5.74, 6) is -0.292. The van der Waals surface area contributed by atoms with Gasteiger partial charge in [-0.25, -0.2) is 9.78 Å². The molecule has 0 bridgehead atoms. The average Bonchev–Trinajstić information content (AvgIpc) is 2.98. The summed E-state index contributed by atoms with van der Waals surface area (Å²) in [4.78, 5) is 15.7.